The van der Waals surface area contributed by atoms with Gasteiger partial charge in [0.1, 0.15) is 5.78 Å². The van der Waals surface area contributed by atoms with Gasteiger partial charge in [0.2, 0.25) is 0 Å². The molecule has 0 N–H and O–H groups in total. The standard InChI is InChI=1S/C26H32N2O2/c1-20(2)17-24(29)18-21-7-9-23(10-8-21)28-19-22(25-5-3-4-6-26(25)28)11-12-27-13-15-30-16-14-27/h3-10,19-20H,11-18H2,1-2H3. The van der Waals surface area contributed by atoms with Crippen LogP contribution in [0.2, 0.25) is 0 Å². The van der Waals surface area contributed by atoms with Gasteiger partial charge in [-0.05, 0) is 41.7 Å². The van der Waals surface area contributed by atoms with Gasteiger partial charge in [0.15, 0.2) is 0 Å². The monoisotopic (exact) mass is 404 g/mol. The number of ketones is 1. The molecule has 4 heteroatoms. The second-order valence-corrected chi connectivity index (χ2v) is 8.73. The number of hydrogen-bond acceptors (Lipinski definition) is 3. The second kappa shape index (κ2) is 9.59. The van der Waals surface area contributed by atoms with Gasteiger partial charge in [0.05, 0.1) is 18.7 Å². The van der Waals surface area contributed by atoms with Crippen LogP contribution in [0.25, 0.3) is 16.6 Å². The molecule has 0 spiro atoms. The van der Waals surface area contributed by atoms with Gasteiger partial charge in [-0.3, -0.25) is 9.69 Å². The van der Waals surface area contributed by atoms with Crippen molar-refractivity contribution in [1.82, 2.24) is 9.47 Å². The Morgan fingerprint density at radius 1 is 1.03 bits per heavy atom. The molecule has 1 aliphatic rings. The maximum absolute atomic E-state index is 12.1. The predicted molar refractivity (Wildman–Crippen MR) is 122 cm³/mol. The number of carbonyl (C=O) groups excluding carboxylic acids is 1. The van der Waals surface area contributed by atoms with Crippen molar-refractivity contribution >= 4 is 16.7 Å². The summed E-state index contributed by atoms with van der Waals surface area (Å²) < 4.78 is 7.75. The first kappa shape index (κ1) is 20.8. The summed E-state index contributed by atoms with van der Waals surface area (Å²) in [5, 5.41) is 1.32. The van der Waals surface area contributed by atoms with Crippen molar-refractivity contribution in [3.63, 3.8) is 0 Å². The number of benzene rings is 2. The van der Waals surface area contributed by atoms with E-state index in [1.165, 1.54) is 16.5 Å². The number of ether oxygens (including phenoxy) is 1. The summed E-state index contributed by atoms with van der Waals surface area (Å²) in [5.74, 6) is 0.730. The van der Waals surface area contributed by atoms with E-state index in [2.05, 4.69) is 78.0 Å². The number of hydrogen-bond donors (Lipinski definition) is 0. The second-order valence-electron chi connectivity index (χ2n) is 8.73. The Morgan fingerprint density at radius 2 is 1.77 bits per heavy atom. The fourth-order valence-corrected chi connectivity index (χ4v) is 4.30. The predicted octanol–water partition coefficient (Wildman–Crippen LogP) is 4.66. The molecule has 30 heavy (non-hydrogen) atoms. The van der Waals surface area contributed by atoms with E-state index in [0.717, 1.165) is 50.5 Å². The zero-order valence-corrected chi connectivity index (χ0v) is 18.1. The van der Waals surface area contributed by atoms with E-state index >= 15 is 0 Å². The Balaban J connectivity index is 1.53. The molecule has 3 aromatic rings. The van der Waals surface area contributed by atoms with E-state index in [-0.39, 0.29) is 0 Å². The molecule has 158 valence electrons. The molecule has 1 fully saturated rings. The van der Waals surface area contributed by atoms with Gasteiger partial charge < -0.3 is 9.30 Å². The average molecular weight is 405 g/mol. The van der Waals surface area contributed by atoms with Crippen LogP contribution in [0.3, 0.4) is 0 Å². The number of para-hydroxylation sites is 1. The first-order valence-corrected chi connectivity index (χ1v) is 11.1. The molecule has 1 aromatic heterocycles. The van der Waals surface area contributed by atoms with Crippen molar-refractivity contribution in [3.8, 4) is 5.69 Å². The molecule has 0 bridgehead atoms. The van der Waals surface area contributed by atoms with E-state index < -0.39 is 0 Å². The molecule has 1 saturated heterocycles. The number of Topliss-reactive ketones (excluding diaryl/α,β-unsaturated/α-hetero) is 1. The van der Waals surface area contributed by atoms with Gasteiger partial charge in [0, 0.05) is 49.7 Å². The number of fused-ring (bicyclic) bond motifs is 1. The highest BCUT2D eigenvalue weighted by atomic mass is 16.5. The van der Waals surface area contributed by atoms with Gasteiger partial charge in [0.25, 0.3) is 0 Å². The minimum Gasteiger partial charge on any atom is -0.379 e. The van der Waals surface area contributed by atoms with Crippen molar-refractivity contribution in [2.75, 3.05) is 32.8 Å². The van der Waals surface area contributed by atoms with Crippen LogP contribution in [-0.4, -0.2) is 48.1 Å². The summed E-state index contributed by atoms with van der Waals surface area (Å²) in [4.78, 5) is 14.6. The van der Waals surface area contributed by atoms with Crippen molar-refractivity contribution in [2.45, 2.75) is 33.1 Å². The first-order chi connectivity index (χ1) is 14.6. The Bertz CT molecular complexity index is 982. The lowest BCUT2D eigenvalue weighted by atomic mass is 10.0. The highest BCUT2D eigenvalue weighted by molar-refractivity contribution is 5.86. The highest BCUT2D eigenvalue weighted by Gasteiger charge is 2.14. The Morgan fingerprint density at radius 3 is 2.50 bits per heavy atom. The zero-order valence-electron chi connectivity index (χ0n) is 18.1. The molecule has 1 aliphatic heterocycles. The third-order valence-corrected chi connectivity index (χ3v) is 5.85. The number of nitrogens with zero attached hydrogens (tertiary/aromatic N) is 2. The van der Waals surface area contributed by atoms with E-state index in [0.29, 0.717) is 24.5 Å². The smallest absolute Gasteiger partial charge is 0.137 e. The molecule has 0 atom stereocenters. The third-order valence-electron chi connectivity index (χ3n) is 5.85. The first-order valence-electron chi connectivity index (χ1n) is 11.1. The van der Waals surface area contributed by atoms with Crippen molar-refractivity contribution in [1.29, 1.82) is 0 Å². The van der Waals surface area contributed by atoms with Crippen LogP contribution in [0.1, 0.15) is 31.4 Å². The third kappa shape index (κ3) is 5.00. The minimum absolute atomic E-state index is 0.314. The summed E-state index contributed by atoms with van der Waals surface area (Å²) in [5.41, 5.74) is 4.85. The lowest BCUT2D eigenvalue weighted by molar-refractivity contribution is -0.119. The Hall–Kier alpha value is -2.43. The lowest BCUT2D eigenvalue weighted by Crippen LogP contribution is -2.37. The lowest BCUT2D eigenvalue weighted by Gasteiger charge is -2.26. The molecule has 0 radical (unpaired) electrons. The van der Waals surface area contributed by atoms with E-state index in [4.69, 9.17) is 4.74 Å². The number of rotatable bonds is 8. The summed E-state index contributed by atoms with van der Waals surface area (Å²) >= 11 is 0. The van der Waals surface area contributed by atoms with Crippen LogP contribution in [0.4, 0.5) is 0 Å². The van der Waals surface area contributed by atoms with Crippen molar-refractivity contribution in [3.05, 3.63) is 65.9 Å². The topological polar surface area (TPSA) is 34.5 Å². The summed E-state index contributed by atoms with van der Waals surface area (Å²) in [6, 6.07) is 17.1. The van der Waals surface area contributed by atoms with Gasteiger partial charge >= 0.3 is 0 Å². The molecule has 2 aromatic carbocycles. The largest absolute Gasteiger partial charge is 0.379 e. The van der Waals surface area contributed by atoms with Crippen LogP contribution in [0, 0.1) is 5.92 Å². The molecule has 0 amide bonds. The molecule has 0 unspecified atom stereocenters. The number of carbonyl (C=O) groups is 1. The van der Waals surface area contributed by atoms with E-state index in [1.807, 2.05) is 0 Å². The molecule has 4 rings (SSSR count). The minimum atomic E-state index is 0.314. The molecular weight excluding hydrogens is 372 g/mol. The quantitative estimate of drug-likeness (QED) is 0.547. The van der Waals surface area contributed by atoms with Crippen LogP contribution in [0.5, 0.6) is 0 Å². The normalized spacial score (nSPS) is 15.2. The number of aromatic nitrogens is 1. The molecule has 0 aliphatic carbocycles. The zero-order chi connectivity index (χ0) is 20.9. The summed E-state index contributed by atoms with van der Waals surface area (Å²) in [7, 11) is 0. The fraction of sp³-hybridized carbons (Fsp3) is 0.423. The highest BCUT2D eigenvalue weighted by Crippen LogP contribution is 2.26. The van der Waals surface area contributed by atoms with E-state index in [9.17, 15) is 4.79 Å². The average Bonchev–Trinajstić information content (AvgIpc) is 3.12. The van der Waals surface area contributed by atoms with Crippen molar-refractivity contribution in [2.24, 2.45) is 5.92 Å². The molecule has 0 saturated carbocycles. The van der Waals surface area contributed by atoms with Crippen LogP contribution in [0.15, 0.2) is 54.7 Å². The van der Waals surface area contributed by atoms with Gasteiger partial charge in [-0.1, -0.05) is 44.2 Å². The summed E-state index contributed by atoms with van der Waals surface area (Å²) in [6.07, 6.45) is 4.49. The Labute approximate surface area is 179 Å². The molecular formula is C26H32N2O2. The molecule has 2 heterocycles. The summed E-state index contributed by atoms with van der Waals surface area (Å²) in [6.45, 7) is 8.98. The van der Waals surface area contributed by atoms with E-state index in [1.54, 1.807) is 0 Å². The fourth-order valence-electron chi connectivity index (χ4n) is 4.30. The van der Waals surface area contributed by atoms with Crippen LogP contribution >= 0.6 is 0 Å². The van der Waals surface area contributed by atoms with Gasteiger partial charge in [-0.25, -0.2) is 0 Å². The SMILES string of the molecule is CC(C)CC(=O)Cc1ccc(-n2cc(CCN3CCOCC3)c3ccccc32)cc1. The van der Waals surface area contributed by atoms with Gasteiger partial charge in [-0.2, -0.15) is 0 Å². The van der Waals surface area contributed by atoms with Crippen LogP contribution < -0.4 is 0 Å². The maximum Gasteiger partial charge on any atom is 0.137 e. The molecule has 4 nitrogen and oxygen atoms in total. The van der Waals surface area contributed by atoms with Gasteiger partial charge in [-0.15, -0.1) is 0 Å². The Kier molecular flexibility index (Phi) is 6.66. The number of morpholine rings is 1. The maximum atomic E-state index is 12.1. The van der Waals surface area contributed by atoms with Crippen molar-refractivity contribution < 1.29 is 9.53 Å². The van der Waals surface area contributed by atoms with Crippen LogP contribution in [-0.2, 0) is 22.4 Å².